The molecule has 1 fully saturated rings. The molecule has 6 heteroatoms. The summed E-state index contributed by atoms with van der Waals surface area (Å²) in [6, 6.07) is 12.5. The topological polar surface area (TPSA) is 74.7 Å². The highest BCUT2D eigenvalue weighted by Gasteiger charge is 2.21. The number of hydrogen-bond donors (Lipinski definition) is 1. The molecule has 1 aromatic heterocycles. The fourth-order valence-electron chi connectivity index (χ4n) is 2.55. The maximum absolute atomic E-state index is 12.2. The molecule has 0 atom stereocenters. The first-order valence-corrected chi connectivity index (χ1v) is 7.81. The van der Waals surface area contributed by atoms with E-state index >= 15 is 0 Å². The lowest BCUT2D eigenvalue weighted by Crippen LogP contribution is -2.24. The zero-order valence-electron chi connectivity index (χ0n) is 13.4. The molecule has 2 amide bonds. The van der Waals surface area contributed by atoms with Crippen molar-refractivity contribution < 1.29 is 9.59 Å². The van der Waals surface area contributed by atoms with E-state index in [9.17, 15) is 9.59 Å². The van der Waals surface area contributed by atoms with Gasteiger partial charge >= 0.3 is 0 Å². The van der Waals surface area contributed by atoms with Gasteiger partial charge in [0.05, 0.1) is 11.4 Å². The van der Waals surface area contributed by atoms with E-state index in [4.69, 9.17) is 0 Å². The van der Waals surface area contributed by atoms with Crippen molar-refractivity contribution in [3.8, 4) is 0 Å². The molecule has 0 bridgehead atoms. The van der Waals surface area contributed by atoms with Gasteiger partial charge in [-0.25, -0.2) is 5.43 Å². The molecule has 3 rings (SSSR count). The smallest absolute Gasteiger partial charge is 0.271 e. The molecule has 1 aliphatic heterocycles. The van der Waals surface area contributed by atoms with Crippen molar-refractivity contribution in [1.29, 1.82) is 0 Å². The zero-order valence-corrected chi connectivity index (χ0v) is 13.4. The first-order valence-electron chi connectivity index (χ1n) is 7.81. The van der Waals surface area contributed by atoms with Crippen LogP contribution in [-0.4, -0.2) is 29.1 Å². The van der Waals surface area contributed by atoms with Crippen molar-refractivity contribution in [3.05, 3.63) is 59.9 Å². The highest BCUT2D eigenvalue weighted by molar-refractivity contribution is 6.00. The van der Waals surface area contributed by atoms with Gasteiger partial charge in [0.2, 0.25) is 5.91 Å². The highest BCUT2D eigenvalue weighted by Crippen LogP contribution is 2.21. The predicted molar refractivity (Wildman–Crippen MR) is 91.9 cm³/mol. The fraction of sp³-hybridized carbons (Fsp3) is 0.222. The summed E-state index contributed by atoms with van der Waals surface area (Å²) in [5.41, 5.74) is 5.17. The third kappa shape index (κ3) is 3.48. The normalized spacial score (nSPS) is 14.8. The van der Waals surface area contributed by atoms with Gasteiger partial charge in [0, 0.05) is 30.4 Å². The van der Waals surface area contributed by atoms with Gasteiger partial charge in [0.15, 0.2) is 0 Å². The number of hydrogen-bond acceptors (Lipinski definition) is 4. The van der Waals surface area contributed by atoms with Gasteiger partial charge in [-0.1, -0.05) is 6.07 Å². The minimum atomic E-state index is -0.301. The summed E-state index contributed by atoms with van der Waals surface area (Å²) in [5.74, 6) is -0.174. The first-order chi connectivity index (χ1) is 11.6. The standard InChI is InChI=1S/C18H18N4O2/c1-13(16-5-2-3-11-19-16)20-21-18(24)14-7-9-15(10-8-14)22-12-4-6-17(22)23/h2-3,5,7-11H,4,6,12H2,1H3,(H,21,24). The third-order valence-corrected chi connectivity index (χ3v) is 3.88. The Morgan fingerprint density at radius 3 is 2.62 bits per heavy atom. The number of anilines is 1. The summed E-state index contributed by atoms with van der Waals surface area (Å²) in [5, 5.41) is 4.07. The molecule has 1 N–H and O–H groups in total. The number of rotatable bonds is 4. The molecule has 1 aliphatic rings. The summed E-state index contributed by atoms with van der Waals surface area (Å²) in [7, 11) is 0. The number of amides is 2. The maximum Gasteiger partial charge on any atom is 0.271 e. The van der Waals surface area contributed by atoms with Crippen molar-refractivity contribution >= 4 is 23.2 Å². The van der Waals surface area contributed by atoms with Crippen LogP contribution < -0.4 is 10.3 Å². The second-order valence-corrected chi connectivity index (χ2v) is 5.55. The Labute approximate surface area is 140 Å². The quantitative estimate of drug-likeness (QED) is 0.693. The Balaban J connectivity index is 1.66. The summed E-state index contributed by atoms with van der Waals surface area (Å²) in [4.78, 5) is 29.8. The minimum absolute atomic E-state index is 0.128. The van der Waals surface area contributed by atoms with Gasteiger partial charge in [-0.15, -0.1) is 0 Å². The predicted octanol–water partition coefficient (Wildman–Crippen LogP) is 2.36. The Hall–Kier alpha value is -3.02. The van der Waals surface area contributed by atoms with Gasteiger partial charge in [-0.3, -0.25) is 14.6 Å². The Morgan fingerprint density at radius 2 is 2.00 bits per heavy atom. The number of carbonyl (C=O) groups is 2. The molecule has 2 heterocycles. The van der Waals surface area contributed by atoms with Crippen LogP contribution in [0, 0.1) is 0 Å². The van der Waals surface area contributed by atoms with Crippen molar-refractivity contribution in [2.24, 2.45) is 5.10 Å². The molecular weight excluding hydrogens is 304 g/mol. The molecule has 122 valence electrons. The van der Waals surface area contributed by atoms with Gasteiger partial charge in [0.25, 0.3) is 5.91 Å². The van der Waals surface area contributed by atoms with Crippen molar-refractivity contribution in [2.75, 3.05) is 11.4 Å². The van der Waals surface area contributed by atoms with Gasteiger partial charge in [0.1, 0.15) is 0 Å². The van der Waals surface area contributed by atoms with Crippen LogP contribution in [0.15, 0.2) is 53.8 Å². The Bertz CT molecular complexity index is 769. The van der Waals surface area contributed by atoms with Crippen LogP contribution in [0.4, 0.5) is 5.69 Å². The van der Waals surface area contributed by atoms with Crippen LogP contribution in [0.5, 0.6) is 0 Å². The largest absolute Gasteiger partial charge is 0.312 e. The molecule has 0 aliphatic carbocycles. The van der Waals surface area contributed by atoms with E-state index in [0.717, 1.165) is 18.7 Å². The van der Waals surface area contributed by atoms with E-state index in [1.54, 1.807) is 42.3 Å². The molecule has 0 spiro atoms. The lowest BCUT2D eigenvalue weighted by Gasteiger charge is -2.15. The number of nitrogens with zero attached hydrogens (tertiary/aromatic N) is 3. The molecule has 1 saturated heterocycles. The van der Waals surface area contributed by atoms with Crippen LogP contribution in [-0.2, 0) is 4.79 Å². The van der Waals surface area contributed by atoms with E-state index in [2.05, 4.69) is 15.5 Å². The first kappa shape index (κ1) is 15.9. The van der Waals surface area contributed by atoms with Crippen LogP contribution in [0.2, 0.25) is 0 Å². The molecule has 0 unspecified atom stereocenters. The van der Waals surface area contributed by atoms with Gasteiger partial charge in [-0.2, -0.15) is 5.10 Å². The number of hydrazone groups is 1. The molecule has 6 nitrogen and oxygen atoms in total. The van der Waals surface area contributed by atoms with E-state index in [-0.39, 0.29) is 11.8 Å². The van der Waals surface area contributed by atoms with Crippen molar-refractivity contribution in [1.82, 2.24) is 10.4 Å². The monoisotopic (exact) mass is 322 g/mol. The van der Waals surface area contributed by atoms with Gasteiger partial charge < -0.3 is 4.90 Å². The molecular formula is C18H18N4O2. The third-order valence-electron chi connectivity index (χ3n) is 3.88. The lowest BCUT2D eigenvalue weighted by atomic mass is 10.2. The molecule has 0 radical (unpaired) electrons. The van der Waals surface area contributed by atoms with Crippen molar-refractivity contribution in [2.45, 2.75) is 19.8 Å². The molecule has 0 saturated carbocycles. The average Bonchev–Trinajstić information content (AvgIpc) is 3.06. The average molecular weight is 322 g/mol. The van der Waals surface area contributed by atoms with E-state index in [0.29, 0.717) is 23.4 Å². The summed E-state index contributed by atoms with van der Waals surface area (Å²) in [6.07, 6.45) is 3.14. The Morgan fingerprint density at radius 1 is 1.21 bits per heavy atom. The molecule has 1 aromatic carbocycles. The second kappa shape index (κ2) is 7.04. The summed E-state index contributed by atoms with van der Waals surface area (Å²) in [6.45, 7) is 2.52. The lowest BCUT2D eigenvalue weighted by molar-refractivity contribution is -0.117. The maximum atomic E-state index is 12.2. The fourth-order valence-corrected chi connectivity index (χ4v) is 2.55. The van der Waals surface area contributed by atoms with Crippen LogP contribution in [0.25, 0.3) is 0 Å². The Kier molecular flexibility index (Phi) is 4.65. The van der Waals surface area contributed by atoms with Crippen LogP contribution in [0.3, 0.4) is 0 Å². The summed E-state index contributed by atoms with van der Waals surface area (Å²) < 4.78 is 0. The number of nitrogens with one attached hydrogen (secondary N) is 1. The number of carbonyl (C=O) groups excluding carboxylic acids is 2. The highest BCUT2D eigenvalue weighted by atomic mass is 16.2. The number of benzene rings is 1. The summed E-state index contributed by atoms with van der Waals surface area (Å²) >= 11 is 0. The number of aromatic nitrogens is 1. The van der Waals surface area contributed by atoms with E-state index in [1.165, 1.54) is 0 Å². The van der Waals surface area contributed by atoms with Crippen LogP contribution >= 0.6 is 0 Å². The van der Waals surface area contributed by atoms with E-state index in [1.807, 2.05) is 18.2 Å². The van der Waals surface area contributed by atoms with Gasteiger partial charge in [-0.05, 0) is 49.7 Å². The van der Waals surface area contributed by atoms with Crippen LogP contribution in [0.1, 0.15) is 35.8 Å². The van der Waals surface area contributed by atoms with E-state index < -0.39 is 0 Å². The van der Waals surface area contributed by atoms with Crippen molar-refractivity contribution in [3.63, 3.8) is 0 Å². The molecule has 2 aromatic rings. The molecule has 24 heavy (non-hydrogen) atoms. The zero-order chi connectivity index (χ0) is 16.9. The second-order valence-electron chi connectivity index (χ2n) is 5.55. The number of pyridine rings is 1. The SMILES string of the molecule is CC(=NNC(=O)c1ccc(N2CCCC2=O)cc1)c1ccccn1. The minimum Gasteiger partial charge on any atom is -0.312 e.